The number of quaternary nitrogens is 1. The highest BCUT2D eigenvalue weighted by molar-refractivity contribution is 7.22. The van der Waals surface area contributed by atoms with Crippen molar-refractivity contribution in [3.8, 4) is 0 Å². The summed E-state index contributed by atoms with van der Waals surface area (Å²) in [6, 6.07) is 7.34. The van der Waals surface area contributed by atoms with Crippen LogP contribution in [0.25, 0.3) is 10.2 Å². The van der Waals surface area contributed by atoms with E-state index in [4.69, 9.17) is 0 Å². The van der Waals surface area contributed by atoms with Crippen molar-refractivity contribution in [3.05, 3.63) is 59.4 Å². The number of halogens is 3. The number of benzene rings is 2. The molecule has 0 saturated heterocycles. The molecule has 2 aromatic carbocycles. The van der Waals surface area contributed by atoms with Crippen LogP contribution in [0.3, 0.4) is 0 Å². The summed E-state index contributed by atoms with van der Waals surface area (Å²) in [4.78, 5) is 19.8. The van der Waals surface area contributed by atoms with E-state index in [-0.39, 0.29) is 16.2 Å². The number of carbonyl (C=O) groups is 1. The molecule has 8 heteroatoms. The van der Waals surface area contributed by atoms with E-state index in [9.17, 15) is 18.0 Å². The summed E-state index contributed by atoms with van der Waals surface area (Å²) >= 11 is 1.03. The molecule has 0 radical (unpaired) electrons. The van der Waals surface area contributed by atoms with Gasteiger partial charge in [0.1, 0.15) is 17.2 Å². The average molecular weight is 394 g/mol. The molecule has 1 N–H and O–H groups in total. The first-order valence-electron chi connectivity index (χ1n) is 8.47. The molecule has 3 aromatic rings. The van der Waals surface area contributed by atoms with Gasteiger partial charge in [-0.3, -0.25) is 9.69 Å². The van der Waals surface area contributed by atoms with Crippen LogP contribution in [0.4, 0.5) is 18.3 Å². The first-order valence-corrected chi connectivity index (χ1v) is 9.29. The van der Waals surface area contributed by atoms with Gasteiger partial charge in [0.25, 0.3) is 5.91 Å². The number of nitrogens with zero attached hydrogens (tertiary/aromatic N) is 2. The van der Waals surface area contributed by atoms with Gasteiger partial charge < -0.3 is 4.90 Å². The van der Waals surface area contributed by atoms with Crippen molar-refractivity contribution in [1.82, 2.24) is 4.98 Å². The smallest absolute Gasteiger partial charge is 0.260 e. The van der Waals surface area contributed by atoms with Gasteiger partial charge in [0.15, 0.2) is 10.9 Å². The molecule has 0 unspecified atom stereocenters. The van der Waals surface area contributed by atoms with Crippen LogP contribution in [0.5, 0.6) is 0 Å². The lowest BCUT2D eigenvalue weighted by Crippen LogP contribution is -3.05. The highest BCUT2D eigenvalue weighted by Gasteiger charge is 2.23. The minimum Gasteiger partial charge on any atom is -0.340 e. The molecular weight excluding hydrogens is 375 g/mol. The van der Waals surface area contributed by atoms with E-state index in [2.05, 4.69) is 4.98 Å². The van der Waals surface area contributed by atoms with Gasteiger partial charge in [-0.2, -0.15) is 0 Å². The number of hydrogen-bond acceptors (Lipinski definition) is 3. The van der Waals surface area contributed by atoms with E-state index < -0.39 is 23.4 Å². The second-order valence-corrected chi connectivity index (χ2v) is 7.52. The normalized spacial score (nSPS) is 11.3. The Morgan fingerprint density at radius 2 is 1.93 bits per heavy atom. The topological polar surface area (TPSA) is 37.6 Å². The van der Waals surface area contributed by atoms with E-state index in [1.807, 2.05) is 14.1 Å². The molecule has 1 amide bonds. The number of anilines is 1. The zero-order valence-corrected chi connectivity index (χ0v) is 15.7. The van der Waals surface area contributed by atoms with Crippen molar-refractivity contribution in [2.45, 2.75) is 6.42 Å². The van der Waals surface area contributed by atoms with Gasteiger partial charge in [0.05, 0.1) is 25.3 Å². The molecule has 142 valence electrons. The highest BCUT2D eigenvalue weighted by atomic mass is 32.1. The van der Waals surface area contributed by atoms with Crippen molar-refractivity contribution in [3.63, 3.8) is 0 Å². The maximum Gasteiger partial charge on any atom is 0.260 e. The lowest BCUT2D eigenvalue weighted by atomic mass is 10.2. The van der Waals surface area contributed by atoms with Gasteiger partial charge in [-0.05, 0) is 24.3 Å². The fourth-order valence-electron chi connectivity index (χ4n) is 2.71. The number of rotatable bonds is 6. The largest absolute Gasteiger partial charge is 0.340 e. The lowest BCUT2D eigenvalue weighted by molar-refractivity contribution is -0.858. The molecule has 0 bridgehead atoms. The third kappa shape index (κ3) is 4.45. The molecule has 0 atom stereocenters. The standard InChI is InChI=1S/C19H18F3N3OS/c1-24(2)7-4-8-25(18(26)12-5-3-6-13(20)9-12)19-23-17-15(22)10-14(21)11-16(17)27-19/h3,5-6,9-11H,4,7-8H2,1-2H3/p+1. The Morgan fingerprint density at radius 3 is 2.63 bits per heavy atom. The molecule has 0 saturated carbocycles. The number of amides is 1. The monoisotopic (exact) mass is 394 g/mol. The van der Waals surface area contributed by atoms with Gasteiger partial charge in [0, 0.05) is 24.6 Å². The average Bonchev–Trinajstić information content (AvgIpc) is 3.02. The molecule has 3 rings (SSSR count). The fraction of sp³-hybridized carbons (Fsp3) is 0.263. The van der Waals surface area contributed by atoms with Crippen LogP contribution in [0.15, 0.2) is 36.4 Å². The van der Waals surface area contributed by atoms with Crippen molar-refractivity contribution in [1.29, 1.82) is 0 Å². The van der Waals surface area contributed by atoms with Crippen molar-refractivity contribution in [2.24, 2.45) is 0 Å². The SMILES string of the molecule is C[NH+](C)CCCN(C(=O)c1cccc(F)c1)c1nc2c(F)cc(F)cc2s1. The van der Waals surface area contributed by atoms with Crippen LogP contribution in [-0.2, 0) is 0 Å². The van der Waals surface area contributed by atoms with Crippen LogP contribution in [0, 0.1) is 17.5 Å². The molecule has 0 aliphatic carbocycles. The van der Waals surface area contributed by atoms with Crippen LogP contribution >= 0.6 is 11.3 Å². The van der Waals surface area contributed by atoms with Crippen LogP contribution in [0.1, 0.15) is 16.8 Å². The number of thiazole rings is 1. The Labute approximate surface area is 158 Å². The Balaban J connectivity index is 1.98. The van der Waals surface area contributed by atoms with Crippen molar-refractivity contribution >= 4 is 32.6 Å². The molecule has 1 aromatic heterocycles. The summed E-state index contributed by atoms with van der Waals surface area (Å²) in [5.74, 6) is -2.42. The molecule has 0 spiro atoms. The van der Waals surface area contributed by atoms with Crippen LogP contribution in [0.2, 0.25) is 0 Å². The highest BCUT2D eigenvalue weighted by Crippen LogP contribution is 2.32. The van der Waals surface area contributed by atoms with E-state index in [0.717, 1.165) is 30.0 Å². The molecule has 27 heavy (non-hydrogen) atoms. The third-order valence-electron chi connectivity index (χ3n) is 4.01. The van der Waals surface area contributed by atoms with Gasteiger partial charge in [-0.25, -0.2) is 18.2 Å². The predicted octanol–water partition coefficient (Wildman–Crippen LogP) is 2.90. The summed E-state index contributed by atoms with van der Waals surface area (Å²) in [6.07, 6.45) is 0.677. The second-order valence-electron chi connectivity index (χ2n) is 6.51. The van der Waals surface area contributed by atoms with Crippen LogP contribution in [-0.4, -0.2) is 38.1 Å². The van der Waals surface area contributed by atoms with Crippen molar-refractivity contribution < 1.29 is 22.9 Å². The Hall–Kier alpha value is -2.45. The van der Waals surface area contributed by atoms with E-state index in [1.54, 1.807) is 0 Å². The quantitative estimate of drug-likeness (QED) is 0.698. The lowest BCUT2D eigenvalue weighted by Gasteiger charge is -2.20. The second kappa shape index (κ2) is 8.06. The molecule has 0 fully saturated rings. The zero-order valence-electron chi connectivity index (χ0n) is 14.9. The van der Waals surface area contributed by atoms with Crippen LogP contribution < -0.4 is 9.80 Å². The Morgan fingerprint density at radius 1 is 1.15 bits per heavy atom. The molecule has 4 nitrogen and oxygen atoms in total. The molecular formula is C19H19F3N3OS+. The third-order valence-corrected chi connectivity index (χ3v) is 5.03. The van der Waals surface area contributed by atoms with Gasteiger partial charge in [-0.1, -0.05) is 17.4 Å². The molecule has 1 heterocycles. The van der Waals surface area contributed by atoms with Gasteiger partial charge in [-0.15, -0.1) is 0 Å². The maximum atomic E-state index is 14.0. The van der Waals surface area contributed by atoms with E-state index >= 15 is 0 Å². The first kappa shape index (κ1) is 19.3. The van der Waals surface area contributed by atoms with Gasteiger partial charge in [0.2, 0.25) is 0 Å². The summed E-state index contributed by atoms with van der Waals surface area (Å²) in [6.45, 7) is 1.14. The number of nitrogens with one attached hydrogen (secondary N) is 1. The fourth-order valence-corrected chi connectivity index (χ4v) is 3.74. The van der Waals surface area contributed by atoms with Gasteiger partial charge >= 0.3 is 0 Å². The minimum atomic E-state index is -0.775. The zero-order chi connectivity index (χ0) is 19.6. The number of carbonyl (C=O) groups excluding carboxylic acids is 1. The summed E-state index contributed by atoms with van der Waals surface area (Å²) < 4.78 is 41.3. The summed E-state index contributed by atoms with van der Waals surface area (Å²) in [5, 5.41) is 0.262. The first-order chi connectivity index (χ1) is 12.8. The van der Waals surface area contributed by atoms with E-state index in [0.29, 0.717) is 17.7 Å². The Bertz CT molecular complexity index is 974. The van der Waals surface area contributed by atoms with Crippen molar-refractivity contribution in [2.75, 3.05) is 32.1 Å². The molecule has 0 aliphatic heterocycles. The number of aromatic nitrogens is 1. The molecule has 0 aliphatic rings. The number of fused-ring (bicyclic) bond motifs is 1. The summed E-state index contributed by atoms with van der Waals surface area (Å²) in [7, 11) is 3.99. The minimum absolute atomic E-state index is 0.0201. The maximum absolute atomic E-state index is 14.0. The Kier molecular flexibility index (Phi) is 5.76. The van der Waals surface area contributed by atoms with E-state index in [1.165, 1.54) is 34.1 Å². The predicted molar refractivity (Wildman–Crippen MR) is 99.9 cm³/mol. The number of hydrogen-bond donors (Lipinski definition) is 1. The summed E-state index contributed by atoms with van der Waals surface area (Å²) in [5.41, 5.74) is 0.199.